The first-order valence-corrected chi connectivity index (χ1v) is 6.52. The summed E-state index contributed by atoms with van der Waals surface area (Å²) in [5.41, 5.74) is 8.59. The summed E-state index contributed by atoms with van der Waals surface area (Å²) >= 11 is 1.43. The van der Waals surface area contributed by atoms with Crippen molar-refractivity contribution in [2.24, 2.45) is 0 Å². The Kier molecular flexibility index (Phi) is 3.62. The van der Waals surface area contributed by atoms with Crippen molar-refractivity contribution in [1.82, 2.24) is 10.3 Å². The van der Waals surface area contributed by atoms with Crippen molar-refractivity contribution < 1.29 is 4.79 Å². The number of nitrogens with one attached hydrogen (secondary N) is 1. The summed E-state index contributed by atoms with van der Waals surface area (Å²) in [5.74, 6) is -0.0288. The highest BCUT2D eigenvalue weighted by atomic mass is 32.1. The van der Waals surface area contributed by atoms with E-state index >= 15 is 0 Å². The molecule has 5 heteroatoms. The Morgan fingerprint density at radius 2 is 2.06 bits per heavy atom. The lowest BCUT2D eigenvalue weighted by Crippen LogP contribution is -2.23. The molecule has 0 unspecified atom stereocenters. The molecule has 0 fully saturated rings. The van der Waals surface area contributed by atoms with Crippen molar-refractivity contribution in [1.29, 1.82) is 0 Å². The van der Waals surface area contributed by atoms with Gasteiger partial charge in [-0.3, -0.25) is 4.79 Å². The van der Waals surface area contributed by atoms with Gasteiger partial charge in [-0.25, -0.2) is 4.98 Å². The molecule has 1 aromatic heterocycles. The number of nitrogens with two attached hydrogens (primary N) is 1. The lowest BCUT2D eigenvalue weighted by molar-refractivity contribution is -0.119. The Morgan fingerprint density at radius 3 is 2.56 bits per heavy atom. The molecule has 0 saturated heterocycles. The molecule has 3 N–H and O–H groups in total. The van der Waals surface area contributed by atoms with Crippen molar-refractivity contribution >= 4 is 22.4 Å². The molecule has 18 heavy (non-hydrogen) atoms. The van der Waals surface area contributed by atoms with E-state index in [0.717, 1.165) is 16.8 Å². The number of thiazole rings is 1. The van der Waals surface area contributed by atoms with Gasteiger partial charge in [0.25, 0.3) is 0 Å². The Hall–Kier alpha value is -1.88. The van der Waals surface area contributed by atoms with Crippen LogP contribution in [0.4, 0.5) is 5.13 Å². The molecular weight excluding hydrogens is 246 g/mol. The highest BCUT2D eigenvalue weighted by molar-refractivity contribution is 7.13. The predicted molar refractivity (Wildman–Crippen MR) is 74.2 cm³/mol. The molecule has 0 aliphatic rings. The lowest BCUT2D eigenvalue weighted by Gasteiger charge is -2.12. The molecule has 0 saturated carbocycles. The van der Waals surface area contributed by atoms with Crippen LogP contribution in [0.1, 0.15) is 25.5 Å². The zero-order valence-corrected chi connectivity index (χ0v) is 11.1. The molecule has 2 rings (SSSR count). The minimum absolute atomic E-state index is 0.0112. The summed E-state index contributed by atoms with van der Waals surface area (Å²) in [6.45, 7) is 3.47. The quantitative estimate of drug-likeness (QED) is 0.892. The summed E-state index contributed by atoms with van der Waals surface area (Å²) < 4.78 is 0. The number of amides is 1. The number of aromatic nitrogens is 1. The summed E-state index contributed by atoms with van der Waals surface area (Å²) in [5, 5.41) is 5.35. The number of carbonyl (C=O) groups is 1. The Balaban J connectivity index is 2.17. The monoisotopic (exact) mass is 261 g/mol. The van der Waals surface area contributed by atoms with Gasteiger partial charge in [-0.15, -0.1) is 11.3 Å². The molecule has 4 nitrogen and oxygen atoms in total. The second kappa shape index (κ2) is 5.18. The van der Waals surface area contributed by atoms with Crippen molar-refractivity contribution in [2.45, 2.75) is 19.9 Å². The first-order valence-electron chi connectivity index (χ1n) is 5.64. The fourth-order valence-electron chi connectivity index (χ4n) is 1.75. The third kappa shape index (κ3) is 2.87. The second-order valence-corrected chi connectivity index (χ2v) is 5.00. The molecule has 0 bridgehead atoms. The maximum Gasteiger partial charge on any atom is 0.217 e. The van der Waals surface area contributed by atoms with Crippen molar-refractivity contribution in [3.63, 3.8) is 0 Å². The summed E-state index contributed by atoms with van der Waals surface area (Å²) in [6, 6.07) is 7.97. The molecule has 0 aliphatic carbocycles. The van der Waals surface area contributed by atoms with Crippen LogP contribution < -0.4 is 11.1 Å². The number of anilines is 1. The first kappa shape index (κ1) is 12.6. The van der Waals surface area contributed by atoms with E-state index in [4.69, 9.17) is 5.73 Å². The molecule has 2 aromatic rings. The molecule has 1 heterocycles. The van der Waals surface area contributed by atoms with Gasteiger partial charge in [-0.1, -0.05) is 24.3 Å². The van der Waals surface area contributed by atoms with Crippen LogP contribution in [0, 0.1) is 0 Å². The second-order valence-electron chi connectivity index (χ2n) is 4.12. The van der Waals surface area contributed by atoms with Crippen LogP contribution in [0.2, 0.25) is 0 Å². The van der Waals surface area contributed by atoms with Crippen LogP contribution in [-0.4, -0.2) is 10.9 Å². The fourth-order valence-corrected chi connectivity index (χ4v) is 2.32. The minimum Gasteiger partial charge on any atom is -0.375 e. The van der Waals surface area contributed by atoms with Gasteiger partial charge < -0.3 is 11.1 Å². The highest BCUT2D eigenvalue weighted by Gasteiger charge is 2.07. The maximum atomic E-state index is 11.0. The third-order valence-corrected chi connectivity index (χ3v) is 3.32. The largest absolute Gasteiger partial charge is 0.375 e. The van der Waals surface area contributed by atoms with Gasteiger partial charge in [0.2, 0.25) is 5.91 Å². The van der Waals surface area contributed by atoms with Crippen molar-refractivity contribution in [3.05, 3.63) is 35.2 Å². The SMILES string of the molecule is CC(=O)N[C@@H](C)c1ccc(-c2csc(N)n2)cc1. The van der Waals surface area contributed by atoms with Crippen LogP contribution in [-0.2, 0) is 4.79 Å². The Bertz CT molecular complexity index is 548. The van der Waals surface area contributed by atoms with E-state index in [1.165, 1.54) is 18.3 Å². The minimum atomic E-state index is -0.0288. The normalized spacial score (nSPS) is 12.1. The van der Waals surface area contributed by atoms with Crippen molar-refractivity contribution in [2.75, 3.05) is 5.73 Å². The number of hydrogen-bond acceptors (Lipinski definition) is 4. The van der Waals surface area contributed by atoms with E-state index in [1.54, 1.807) is 0 Å². The van der Waals surface area contributed by atoms with Crippen LogP contribution >= 0.6 is 11.3 Å². The number of benzene rings is 1. The van der Waals surface area contributed by atoms with E-state index in [1.807, 2.05) is 36.6 Å². The van der Waals surface area contributed by atoms with E-state index in [0.29, 0.717) is 5.13 Å². The molecule has 94 valence electrons. The topological polar surface area (TPSA) is 68.0 Å². The van der Waals surface area contributed by atoms with Gasteiger partial charge >= 0.3 is 0 Å². The molecule has 0 aliphatic heterocycles. The first-order chi connectivity index (χ1) is 8.56. The number of nitrogen functional groups attached to an aromatic ring is 1. The Labute approximate surface area is 110 Å². The fraction of sp³-hybridized carbons (Fsp3) is 0.231. The van der Waals surface area contributed by atoms with Gasteiger partial charge in [0, 0.05) is 17.9 Å². The van der Waals surface area contributed by atoms with Crippen molar-refractivity contribution in [3.8, 4) is 11.3 Å². The number of nitrogens with zero attached hydrogens (tertiary/aromatic N) is 1. The molecule has 1 atom stereocenters. The number of hydrogen-bond donors (Lipinski definition) is 2. The van der Waals surface area contributed by atoms with E-state index in [9.17, 15) is 4.79 Å². The zero-order chi connectivity index (χ0) is 13.1. The number of carbonyl (C=O) groups excluding carboxylic acids is 1. The van der Waals surface area contributed by atoms with Gasteiger partial charge in [0.1, 0.15) is 0 Å². The predicted octanol–water partition coefficient (Wildman–Crippen LogP) is 2.59. The third-order valence-electron chi connectivity index (χ3n) is 2.65. The molecular formula is C13H15N3OS. The average molecular weight is 261 g/mol. The molecule has 0 spiro atoms. The lowest BCUT2D eigenvalue weighted by atomic mass is 10.1. The number of rotatable bonds is 3. The standard InChI is InChI=1S/C13H15N3OS/c1-8(15-9(2)17)10-3-5-11(6-4-10)12-7-18-13(14)16-12/h3-8H,1-2H3,(H2,14,16)(H,15,17)/t8-/m0/s1. The molecule has 1 amide bonds. The molecule has 1 aromatic carbocycles. The van der Waals surface area contributed by atoms with E-state index in [2.05, 4.69) is 10.3 Å². The maximum absolute atomic E-state index is 11.0. The van der Waals surface area contributed by atoms with Gasteiger partial charge in [-0.05, 0) is 12.5 Å². The summed E-state index contributed by atoms with van der Waals surface area (Å²) in [7, 11) is 0. The van der Waals surface area contributed by atoms with Gasteiger partial charge in [-0.2, -0.15) is 0 Å². The Morgan fingerprint density at radius 1 is 1.39 bits per heavy atom. The highest BCUT2D eigenvalue weighted by Crippen LogP contribution is 2.24. The van der Waals surface area contributed by atoms with Crippen LogP contribution in [0.15, 0.2) is 29.6 Å². The van der Waals surface area contributed by atoms with Gasteiger partial charge in [0.15, 0.2) is 5.13 Å². The van der Waals surface area contributed by atoms with E-state index < -0.39 is 0 Å². The average Bonchev–Trinajstić information content (AvgIpc) is 2.75. The summed E-state index contributed by atoms with van der Waals surface area (Å²) in [6.07, 6.45) is 0. The van der Waals surface area contributed by atoms with Crippen LogP contribution in [0.25, 0.3) is 11.3 Å². The zero-order valence-electron chi connectivity index (χ0n) is 10.3. The van der Waals surface area contributed by atoms with Gasteiger partial charge in [0.05, 0.1) is 11.7 Å². The van der Waals surface area contributed by atoms with Crippen LogP contribution in [0.3, 0.4) is 0 Å². The smallest absolute Gasteiger partial charge is 0.217 e. The van der Waals surface area contributed by atoms with E-state index in [-0.39, 0.29) is 11.9 Å². The summed E-state index contributed by atoms with van der Waals surface area (Å²) in [4.78, 5) is 15.2. The molecule has 0 radical (unpaired) electrons. The van der Waals surface area contributed by atoms with Crippen LogP contribution in [0.5, 0.6) is 0 Å².